The second-order valence-corrected chi connectivity index (χ2v) is 5.22. The second kappa shape index (κ2) is 6.58. The van der Waals surface area contributed by atoms with Gasteiger partial charge in [0.1, 0.15) is 6.07 Å². The van der Waals surface area contributed by atoms with Crippen LogP contribution in [0.1, 0.15) is 32.3 Å². The van der Waals surface area contributed by atoms with Crippen molar-refractivity contribution in [2.75, 3.05) is 18.0 Å². The van der Waals surface area contributed by atoms with Crippen LogP contribution in [-0.4, -0.2) is 18.1 Å². The Morgan fingerprint density at radius 2 is 1.95 bits per heavy atom. The van der Waals surface area contributed by atoms with Crippen molar-refractivity contribution in [1.29, 1.82) is 5.26 Å². The molecule has 0 saturated heterocycles. The Balaban J connectivity index is 2.68. The molecule has 0 radical (unpaired) electrons. The van der Waals surface area contributed by atoms with E-state index >= 15 is 0 Å². The third-order valence-corrected chi connectivity index (χ3v) is 3.46. The van der Waals surface area contributed by atoms with Crippen molar-refractivity contribution >= 4 is 28.2 Å². The van der Waals surface area contributed by atoms with Crippen LogP contribution < -0.4 is 4.90 Å². The molecule has 0 saturated carbocycles. The van der Waals surface area contributed by atoms with Crippen LogP contribution in [0.5, 0.6) is 0 Å². The highest BCUT2D eigenvalue weighted by atomic mass is 35.5. The van der Waals surface area contributed by atoms with Gasteiger partial charge in [0.25, 0.3) is 0 Å². The van der Waals surface area contributed by atoms with Gasteiger partial charge in [-0.05, 0) is 31.0 Å². The van der Waals surface area contributed by atoms with Gasteiger partial charge in [-0.25, -0.2) is 0 Å². The number of fused-ring (bicyclic) bond motifs is 1. The van der Waals surface area contributed by atoms with Crippen LogP contribution in [0.2, 0.25) is 5.02 Å². The Bertz CT molecular complexity index is 640. The topological polar surface area (TPSA) is 39.9 Å². The summed E-state index contributed by atoms with van der Waals surface area (Å²) in [5.74, 6) is 0. The molecule has 0 fully saturated rings. The van der Waals surface area contributed by atoms with Crippen molar-refractivity contribution in [3.05, 3.63) is 35.0 Å². The van der Waals surface area contributed by atoms with Crippen LogP contribution in [0.4, 0.5) is 5.69 Å². The lowest BCUT2D eigenvalue weighted by Crippen LogP contribution is -2.26. The predicted octanol–water partition coefficient (Wildman–Crippen LogP) is 4.39. The molecule has 0 amide bonds. The molecule has 1 aromatic heterocycles. The summed E-state index contributed by atoms with van der Waals surface area (Å²) in [5.41, 5.74) is 2.45. The van der Waals surface area contributed by atoms with Crippen molar-refractivity contribution in [1.82, 2.24) is 4.98 Å². The lowest BCUT2D eigenvalue weighted by Gasteiger charge is -2.26. The van der Waals surface area contributed by atoms with Crippen LogP contribution in [0.15, 0.2) is 24.4 Å². The highest BCUT2D eigenvalue weighted by Gasteiger charge is 2.15. The molecule has 1 heterocycles. The van der Waals surface area contributed by atoms with Crippen molar-refractivity contribution < 1.29 is 0 Å². The number of halogens is 1. The fourth-order valence-corrected chi connectivity index (χ4v) is 2.62. The predicted molar refractivity (Wildman–Crippen MR) is 84.3 cm³/mol. The summed E-state index contributed by atoms with van der Waals surface area (Å²) in [4.78, 5) is 6.61. The SMILES string of the molecule is CCCN(CCC)c1c(C#N)cnc2ccc(Cl)cc12. The molecule has 0 atom stereocenters. The number of aromatic nitrogens is 1. The van der Waals surface area contributed by atoms with Crippen molar-refractivity contribution in [3.8, 4) is 6.07 Å². The van der Waals surface area contributed by atoms with E-state index in [1.54, 1.807) is 6.20 Å². The van der Waals surface area contributed by atoms with E-state index in [0.29, 0.717) is 10.6 Å². The molecule has 1 aromatic carbocycles. The first kappa shape index (κ1) is 14.6. The molecule has 0 unspecified atom stereocenters. The highest BCUT2D eigenvalue weighted by Crippen LogP contribution is 2.31. The van der Waals surface area contributed by atoms with Gasteiger partial charge in [-0.15, -0.1) is 0 Å². The summed E-state index contributed by atoms with van der Waals surface area (Å²) in [6.07, 6.45) is 3.73. The molecule has 0 aliphatic heterocycles. The highest BCUT2D eigenvalue weighted by molar-refractivity contribution is 6.31. The molecule has 104 valence electrons. The summed E-state index contributed by atoms with van der Waals surface area (Å²) in [5, 5.41) is 11.0. The summed E-state index contributed by atoms with van der Waals surface area (Å²) in [7, 11) is 0. The molecule has 3 nitrogen and oxygen atoms in total. The fraction of sp³-hybridized carbons (Fsp3) is 0.375. The van der Waals surface area contributed by atoms with E-state index in [1.165, 1.54) is 0 Å². The van der Waals surface area contributed by atoms with Gasteiger partial charge in [0.15, 0.2) is 0 Å². The molecule has 0 N–H and O–H groups in total. The number of rotatable bonds is 5. The normalized spacial score (nSPS) is 10.5. The maximum atomic E-state index is 9.38. The van der Waals surface area contributed by atoms with E-state index in [4.69, 9.17) is 11.6 Å². The Morgan fingerprint density at radius 1 is 1.25 bits per heavy atom. The lowest BCUT2D eigenvalue weighted by atomic mass is 10.1. The number of hydrogen-bond acceptors (Lipinski definition) is 3. The maximum absolute atomic E-state index is 9.38. The minimum absolute atomic E-state index is 0.613. The minimum atomic E-state index is 0.613. The third kappa shape index (κ3) is 2.86. The molecule has 2 rings (SSSR count). The van der Waals surface area contributed by atoms with E-state index in [1.807, 2.05) is 18.2 Å². The number of nitrogens with zero attached hydrogens (tertiary/aromatic N) is 3. The van der Waals surface area contributed by atoms with Gasteiger partial charge in [-0.1, -0.05) is 25.4 Å². The number of anilines is 1. The zero-order valence-corrected chi connectivity index (χ0v) is 12.6. The van der Waals surface area contributed by atoms with Gasteiger partial charge in [-0.2, -0.15) is 5.26 Å². The first-order chi connectivity index (χ1) is 9.71. The number of hydrogen-bond donors (Lipinski definition) is 0. The molecule has 4 heteroatoms. The largest absolute Gasteiger partial charge is 0.370 e. The van der Waals surface area contributed by atoms with E-state index in [2.05, 4.69) is 29.8 Å². The summed E-state index contributed by atoms with van der Waals surface area (Å²) in [6.45, 7) is 6.14. The summed E-state index contributed by atoms with van der Waals surface area (Å²) >= 11 is 6.12. The molecule has 0 spiro atoms. The van der Waals surface area contributed by atoms with E-state index in [9.17, 15) is 5.26 Å². The van der Waals surface area contributed by atoms with Gasteiger partial charge in [0.05, 0.1) is 16.8 Å². The molecule has 0 aliphatic rings. The monoisotopic (exact) mass is 287 g/mol. The fourth-order valence-electron chi connectivity index (χ4n) is 2.45. The molecule has 0 bridgehead atoms. The Morgan fingerprint density at radius 3 is 2.55 bits per heavy atom. The number of nitriles is 1. The van der Waals surface area contributed by atoms with Gasteiger partial charge in [-0.3, -0.25) is 4.98 Å². The van der Waals surface area contributed by atoms with Crippen LogP contribution >= 0.6 is 11.6 Å². The van der Waals surface area contributed by atoms with Crippen LogP contribution in [0.25, 0.3) is 10.9 Å². The molecular weight excluding hydrogens is 270 g/mol. The average molecular weight is 288 g/mol. The maximum Gasteiger partial charge on any atom is 0.103 e. The van der Waals surface area contributed by atoms with Crippen LogP contribution in [0, 0.1) is 11.3 Å². The standard InChI is InChI=1S/C16H18ClN3/c1-3-7-20(8-4-2)16-12(10-18)11-19-15-6-5-13(17)9-14(15)16/h5-6,9,11H,3-4,7-8H2,1-2H3. The zero-order valence-electron chi connectivity index (χ0n) is 11.9. The van der Waals surface area contributed by atoms with Gasteiger partial charge in [0, 0.05) is 29.7 Å². The van der Waals surface area contributed by atoms with Crippen molar-refractivity contribution in [3.63, 3.8) is 0 Å². The first-order valence-corrected chi connectivity index (χ1v) is 7.32. The number of pyridine rings is 1. The second-order valence-electron chi connectivity index (χ2n) is 4.78. The first-order valence-electron chi connectivity index (χ1n) is 6.94. The number of benzene rings is 1. The Labute approximate surface area is 124 Å². The Kier molecular flexibility index (Phi) is 4.81. The van der Waals surface area contributed by atoms with Gasteiger partial charge in [0.2, 0.25) is 0 Å². The summed E-state index contributed by atoms with van der Waals surface area (Å²) in [6, 6.07) is 7.89. The lowest BCUT2D eigenvalue weighted by molar-refractivity contribution is 0.746. The Hall–Kier alpha value is -1.79. The van der Waals surface area contributed by atoms with E-state index in [-0.39, 0.29) is 0 Å². The van der Waals surface area contributed by atoms with Crippen LogP contribution in [-0.2, 0) is 0 Å². The minimum Gasteiger partial charge on any atom is -0.370 e. The van der Waals surface area contributed by atoms with Crippen molar-refractivity contribution in [2.45, 2.75) is 26.7 Å². The quantitative estimate of drug-likeness (QED) is 0.819. The van der Waals surface area contributed by atoms with E-state index < -0.39 is 0 Å². The zero-order chi connectivity index (χ0) is 14.5. The van der Waals surface area contributed by atoms with E-state index in [0.717, 1.165) is 42.5 Å². The molecular formula is C16H18ClN3. The average Bonchev–Trinajstić information content (AvgIpc) is 2.45. The van der Waals surface area contributed by atoms with Crippen LogP contribution in [0.3, 0.4) is 0 Å². The molecule has 0 aliphatic carbocycles. The third-order valence-electron chi connectivity index (χ3n) is 3.23. The molecule has 2 aromatic rings. The smallest absolute Gasteiger partial charge is 0.103 e. The van der Waals surface area contributed by atoms with Crippen molar-refractivity contribution in [2.24, 2.45) is 0 Å². The summed E-state index contributed by atoms with van der Waals surface area (Å²) < 4.78 is 0. The van der Waals surface area contributed by atoms with Gasteiger partial charge < -0.3 is 4.90 Å². The van der Waals surface area contributed by atoms with Gasteiger partial charge >= 0.3 is 0 Å². The molecule has 20 heavy (non-hydrogen) atoms.